The zero-order chi connectivity index (χ0) is 11.8. The Morgan fingerprint density at radius 1 is 1.41 bits per heavy atom. The highest BCUT2D eigenvalue weighted by Gasteiger charge is 2.42. The number of aliphatic hydroxyl groups excluding tert-OH is 1. The largest absolute Gasteiger partial charge is 0.393 e. The molecule has 3 rings (SSSR count). The fourth-order valence-electron chi connectivity index (χ4n) is 3.08. The second-order valence-electron chi connectivity index (χ2n) is 4.99. The zero-order valence-corrected chi connectivity index (χ0v) is 9.58. The molecule has 0 radical (unpaired) electrons. The molecule has 88 valence electrons. The van der Waals surface area contributed by atoms with E-state index in [0.717, 1.165) is 31.7 Å². The minimum Gasteiger partial charge on any atom is -0.393 e. The smallest absolute Gasteiger partial charge is 0.129 e. The molecule has 1 aliphatic heterocycles. The Morgan fingerprint density at radius 2 is 2.29 bits per heavy atom. The van der Waals surface area contributed by atoms with Crippen molar-refractivity contribution in [1.82, 2.24) is 4.98 Å². The molecule has 0 amide bonds. The summed E-state index contributed by atoms with van der Waals surface area (Å²) >= 11 is 0. The molecule has 0 bridgehead atoms. The minimum atomic E-state index is -0.149. The first-order valence-corrected chi connectivity index (χ1v) is 6.07. The number of hydrogen-bond donors (Lipinski definition) is 1. The molecule has 1 N–H and O–H groups in total. The summed E-state index contributed by atoms with van der Waals surface area (Å²) in [7, 11) is 0. The molecule has 3 unspecified atom stereocenters. The average Bonchev–Trinajstić information content (AvgIpc) is 2.92. The van der Waals surface area contributed by atoms with E-state index in [9.17, 15) is 5.11 Å². The van der Waals surface area contributed by atoms with Gasteiger partial charge in [0.2, 0.25) is 0 Å². The van der Waals surface area contributed by atoms with Crippen LogP contribution in [0.25, 0.3) is 0 Å². The van der Waals surface area contributed by atoms with Gasteiger partial charge in [0.05, 0.1) is 17.7 Å². The summed E-state index contributed by atoms with van der Waals surface area (Å²) in [5.74, 6) is 1.85. The third-order valence-corrected chi connectivity index (χ3v) is 4.02. The average molecular weight is 229 g/mol. The monoisotopic (exact) mass is 229 g/mol. The first kappa shape index (κ1) is 10.5. The number of nitriles is 1. The van der Waals surface area contributed by atoms with Gasteiger partial charge in [-0.1, -0.05) is 0 Å². The van der Waals surface area contributed by atoms with E-state index in [1.54, 1.807) is 12.3 Å². The molecule has 17 heavy (non-hydrogen) atoms. The van der Waals surface area contributed by atoms with Crippen molar-refractivity contribution in [2.24, 2.45) is 11.8 Å². The van der Waals surface area contributed by atoms with Gasteiger partial charge in [-0.3, -0.25) is 0 Å². The van der Waals surface area contributed by atoms with Gasteiger partial charge in [-0.05, 0) is 30.9 Å². The molecule has 1 aliphatic carbocycles. The highest BCUT2D eigenvalue weighted by Crippen LogP contribution is 2.39. The van der Waals surface area contributed by atoms with E-state index in [2.05, 4.69) is 16.0 Å². The van der Waals surface area contributed by atoms with Crippen LogP contribution in [0.5, 0.6) is 0 Å². The summed E-state index contributed by atoms with van der Waals surface area (Å²) in [6.07, 6.45) is 3.58. The van der Waals surface area contributed by atoms with Gasteiger partial charge < -0.3 is 10.0 Å². The van der Waals surface area contributed by atoms with E-state index >= 15 is 0 Å². The fourth-order valence-corrected chi connectivity index (χ4v) is 3.08. The van der Waals surface area contributed by atoms with Crippen LogP contribution in [0.15, 0.2) is 18.3 Å². The van der Waals surface area contributed by atoms with Crippen LogP contribution in [0, 0.1) is 23.2 Å². The third-order valence-electron chi connectivity index (χ3n) is 4.02. The molecule has 1 saturated carbocycles. The Bertz CT molecular complexity index is 468. The number of aliphatic hydroxyl groups is 1. The van der Waals surface area contributed by atoms with Gasteiger partial charge in [0, 0.05) is 25.2 Å². The maximum Gasteiger partial charge on any atom is 0.129 e. The summed E-state index contributed by atoms with van der Waals surface area (Å²) in [4.78, 5) is 6.51. The van der Waals surface area contributed by atoms with Crippen molar-refractivity contribution in [3.63, 3.8) is 0 Å². The second-order valence-corrected chi connectivity index (χ2v) is 4.99. The quantitative estimate of drug-likeness (QED) is 0.785. The minimum absolute atomic E-state index is 0.149. The van der Waals surface area contributed by atoms with E-state index < -0.39 is 0 Å². The Balaban J connectivity index is 1.81. The Kier molecular flexibility index (Phi) is 2.49. The standard InChI is InChI=1S/C13H15N3O/c14-6-9-3-4-15-13(5-9)16-7-10-1-2-12(17)11(10)8-16/h3-5,10-12,17H,1-2,7-8H2. The number of fused-ring (bicyclic) bond motifs is 1. The highest BCUT2D eigenvalue weighted by molar-refractivity contribution is 5.46. The Morgan fingerprint density at radius 3 is 3.06 bits per heavy atom. The molecule has 2 aliphatic rings. The van der Waals surface area contributed by atoms with Crippen molar-refractivity contribution in [2.75, 3.05) is 18.0 Å². The molecular weight excluding hydrogens is 214 g/mol. The summed E-state index contributed by atoms with van der Waals surface area (Å²) in [6, 6.07) is 5.68. The number of rotatable bonds is 1. The lowest BCUT2D eigenvalue weighted by Gasteiger charge is -2.19. The summed E-state index contributed by atoms with van der Waals surface area (Å²) < 4.78 is 0. The molecule has 1 saturated heterocycles. The van der Waals surface area contributed by atoms with Crippen molar-refractivity contribution in [3.05, 3.63) is 23.9 Å². The van der Waals surface area contributed by atoms with Crippen LogP contribution in [-0.2, 0) is 0 Å². The molecule has 0 spiro atoms. The first-order valence-electron chi connectivity index (χ1n) is 6.07. The van der Waals surface area contributed by atoms with Crippen LogP contribution >= 0.6 is 0 Å². The van der Waals surface area contributed by atoms with Crippen LogP contribution in [-0.4, -0.2) is 29.3 Å². The molecule has 0 aromatic carbocycles. The van der Waals surface area contributed by atoms with Crippen molar-refractivity contribution in [3.8, 4) is 6.07 Å². The van der Waals surface area contributed by atoms with Gasteiger partial charge >= 0.3 is 0 Å². The number of anilines is 1. The SMILES string of the molecule is N#Cc1ccnc(N2CC3CCC(O)C3C2)c1. The van der Waals surface area contributed by atoms with E-state index in [1.165, 1.54) is 0 Å². The Labute approximate surface area is 101 Å². The normalized spacial score (nSPS) is 31.3. The maximum atomic E-state index is 9.87. The van der Waals surface area contributed by atoms with Gasteiger partial charge in [0.15, 0.2) is 0 Å². The molecule has 1 aromatic heterocycles. The summed E-state index contributed by atoms with van der Waals surface area (Å²) in [5, 5.41) is 18.7. The fraction of sp³-hybridized carbons (Fsp3) is 0.538. The van der Waals surface area contributed by atoms with E-state index in [-0.39, 0.29) is 6.10 Å². The topological polar surface area (TPSA) is 60.2 Å². The maximum absolute atomic E-state index is 9.87. The zero-order valence-electron chi connectivity index (χ0n) is 9.58. The molecule has 2 fully saturated rings. The molecule has 2 heterocycles. The second kappa shape index (κ2) is 4.01. The predicted molar refractivity (Wildman–Crippen MR) is 63.4 cm³/mol. The molecular formula is C13H15N3O. The molecule has 4 nitrogen and oxygen atoms in total. The first-order chi connectivity index (χ1) is 8.28. The number of hydrogen-bond acceptors (Lipinski definition) is 4. The Hall–Kier alpha value is -1.60. The van der Waals surface area contributed by atoms with E-state index in [4.69, 9.17) is 5.26 Å². The van der Waals surface area contributed by atoms with Gasteiger partial charge in [0.1, 0.15) is 5.82 Å². The van der Waals surface area contributed by atoms with Crippen LogP contribution in [0.2, 0.25) is 0 Å². The van der Waals surface area contributed by atoms with Crippen LogP contribution in [0.3, 0.4) is 0 Å². The van der Waals surface area contributed by atoms with E-state index in [1.807, 2.05) is 6.07 Å². The lowest BCUT2D eigenvalue weighted by atomic mass is 10.00. The molecule has 3 atom stereocenters. The van der Waals surface area contributed by atoms with Gasteiger partial charge in [-0.2, -0.15) is 5.26 Å². The molecule has 1 aromatic rings. The van der Waals surface area contributed by atoms with Gasteiger partial charge in [0.25, 0.3) is 0 Å². The van der Waals surface area contributed by atoms with Crippen LogP contribution in [0.1, 0.15) is 18.4 Å². The van der Waals surface area contributed by atoms with Crippen molar-refractivity contribution >= 4 is 5.82 Å². The molecule has 4 heteroatoms. The van der Waals surface area contributed by atoms with Gasteiger partial charge in [-0.15, -0.1) is 0 Å². The van der Waals surface area contributed by atoms with Crippen molar-refractivity contribution < 1.29 is 5.11 Å². The van der Waals surface area contributed by atoms with Crippen molar-refractivity contribution in [2.45, 2.75) is 18.9 Å². The van der Waals surface area contributed by atoms with Gasteiger partial charge in [-0.25, -0.2) is 4.98 Å². The number of pyridine rings is 1. The number of nitrogens with zero attached hydrogens (tertiary/aromatic N) is 3. The van der Waals surface area contributed by atoms with Crippen LogP contribution < -0.4 is 4.90 Å². The summed E-state index contributed by atoms with van der Waals surface area (Å²) in [6.45, 7) is 1.83. The lowest BCUT2D eigenvalue weighted by Crippen LogP contribution is -2.25. The number of aromatic nitrogens is 1. The predicted octanol–water partition coefficient (Wildman–Crippen LogP) is 1.16. The third kappa shape index (κ3) is 1.77. The van der Waals surface area contributed by atoms with Crippen molar-refractivity contribution in [1.29, 1.82) is 5.26 Å². The van der Waals surface area contributed by atoms with E-state index in [0.29, 0.717) is 17.4 Å². The lowest BCUT2D eigenvalue weighted by molar-refractivity contribution is 0.133. The highest BCUT2D eigenvalue weighted by atomic mass is 16.3. The summed E-state index contributed by atoms with van der Waals surface area (Å²) in [5.41, 5.74) is 0.646. The van der Waals surface area contributed by atoms with Crippen LogP contribution in [0.4, 0.5) is 5.82 Å².